The van der Waals surface area contributed by atoms with Gasteiger partial charge in [-0.1, -0.05) is 0 Å². The summed E-state index contributed by atoms with van der Waals surface area (Å²) in [5, 5.41) is 0.786. The number of aromatic nitrogens is 1. The second kappa shape index (κ2) is 5.10. The van der Waals surface area contributed by atoms with Crippen molar-refractivity contribution in [3.8, 4) is 0 Å². The van der Waals surface area contributed by atoms with E-state index in [1.165, 1.54) is 12.1 Å². The van der Waals surface area contributed by atoms with Crippen LogP contribution in [0.15, 0.2) is 30.5 Å². The lowest BCUT2D eigenvalue weighted by atomic mass is 10.2. The van der Waals surface area contributed by atoms with Crippen molar-refractivity contribution in [2.24, 2.45) is 0 Å². The minimum absolute atomic E-state index is 0.275. The third-order valence-corrected chi connectivity index (χ3v) is 2.69. The van der Waals surface area contributed by atoms with Gasteiger partial charge in [0.25, 0.3) is 0 Å². The molecule has 0 fully saturated rings. The number of carbonyl (C=O) groups excluding carboxylic acids is 1. The Morgan fingerprint density at radius 1 is 1.47 bits per heavy atom. The topological polar surface area (TPSA) is 31.2 Å². The molecule has 1 heterocycles. The predicted octanol–water partition coefficient (Wildman–Crippen LogP) is 2.56. The average molecular weight is 235 g/mol. The van der Waals surface area contributed by atoms with Gasteiger partial charge in [0.2, 0.25) is 0 Å². The molecule has 17 heavy (non-hydrogen) atoms. The number of ether oxygens (including phenoxy) is 1. The largest absolute Gasteiger partial charge is 0.379 e. The Morgan fingerprint density at radius 2 is 2.29 bits per heavy atom. The Labute approximate surface area is 98.8 Å². The molecular weight excluding hydrogens is 221 g/mol. The first-order valence-electron chi connectivity index (χ1n) is 5.55. The van der Waals surface area contributed by atoms with Crippen molar-refractivity contribution in [3.63, 3.8) is 0 Å². The Bertz CT molecular complexity index is 521. The molecule has 4 heteroatoms. The van der Waals surface area contributed by atoms with Crippen LogP contribution in [-0.2, 0) is 9.53 Å². The zero-order valence-corrected chi connectivity index (χ0v) is 9.60. The van der Waals surface area contributed by atoms with Crippen LogP contribution in [0.2, 0.25) is 0 Å². The minimum atomic E-state index is -0.363. The zero-order valence-electron chi connectivity index (χ0n) is 9.60. The van der Waals surface area contributed by atoms with Gasteiger partial charge in [-0.15, -0.1) is 0 Å². The smallest absolute Gasteiger partial charge is 0.145 e. The van der Waals surface area contributed by atoms with Gasteiger partial charge in [-0.25, -0.2) is 4.39 Å². The molecule has 0 aliphatic rings. The van der Waals surface area contributed by atoms with E-state index in [0.717, 1.165) is 17.2 Å². The minimum Gasteiger partial charge on any atom is -0.379 e. The van der Waals surface area contributed by atoms with Crippen molar-refractivity contribution in [2.75, 3.05) is 13.2 Å². The van der Waals surface area contributed by atoms with Gasteiger partial charge < -0.3 is 14.1 Å². The maximum absolute atomic E-state index is 13.0. The van der Waals surface area contributed by atoms with E-state index in [0.29, 0.717) is 13.2 Å². The van der Waals surface area contributed by atoms with Crippen LogP contribution in [0.4, 0.5) is 4.39 Å². The molecule has 0 aliphatic heterocycles. The van der Waals surface area contributed by atoms with Gasteiger partial charge in [0.15, 0.2) is 0 Å². The maximum Gasteiger partial charge on any atom is 0.145 e. The fourth-order valence-corrected chi connectivity index (χ4v) is 1.85. The van der Waals surface area contributed by atoms with E-state index < -0.39 is 0 Å². The molecule has 2 aromatic rings. The van der Waals surface area contributed by atoms with Crippen molar-refractivity contribution in [2.45, 2.75) is 13.0 Å². The fourth-order valence-electron chi connectivity index (χ4n) is 1.85. The SMILES string of the molecule is CCOCC(C=O)n1ccc2cc(F)ccc21. The van der Waals surface area contributed by atoms with Gasteiger partial charge in [0, 0.05) is 23.7 Å². The van der Waals surface area contributed by atoms with E-state index in [1.807, 2.05) is 6.92 Å². The quantitative estimate of drug-likeness (QED) is 0.746. The number of aldehydes is 1. The van der Waals surface area contributed by atoms with E-state index in [1.54, 1.807) is 22.9 Å². The van der Waals surface area contributed by atoms with Crippen molar-refractivity contribution in [3.05, 3.63) is 36.3 Å². The van der Waals surface area contributed by atoms with Gasteiger partial charge in [0.05, 0.1) is 6.61 Å². The molecule has 2 rings (SSSR count). The number of halogens is 1. The van der Waals surface area contributed by atoms with Crippen LogP contribution in [0.1, 0.15) is 13.0 Å². The summed E-state index contributed by atoms with van der Waals surface area (Å²) >= 11 is 0. The number of hydrogen-bond donors (Lipinski definition) is 0. The monoisotopic (exact) mass is 235 g/mol. The summed E-state index contributed by atoms with van der Waals surface area (Å²) in [5.41, 5.74) is 0.836. The molecule has 1 aromatic heterocycles. The normalized spacial score (nSPS) is 12.8. The third-order valence-electron chi connectivity index (χ3n) is 2.69. The Balaban J connectivity index is 2.36. The highest BCUT2D eigenvalue weighted by atomic mass is 19.1. The molecule has 0 saturated carbocycles. The van der Waals surface area contributed by atoms with Crippen LogP contribution in [0.3, 0.4) is 0 Å². The lowest BCUT2D eigenvalue weighted by molar-refractivity contribution is -0.112. The lowest BCUT2D eigenvalue weighted by Gasteiger charge is -2.13. The highest BCUT2D eigenvalue weighted by Crippen LogP contribution is 2.20. The van der Waals surface area contributed by atoms with Crippen LogP contribution >= 0.6 is 0 Å². The van der Waals surface area contributed by atoms with Gasteiger partial charge in [-0.3, -0.25) is 0 Å². The van der Waals surface area contributed by atoms with Crippen molar-refractivity contribution < 1.29 is 13.9 Å². The predicted molar refractivity (Wildman–Crippen MR) is 63.5 cm³/mol. The molecule has 1 unspecified atom stereocenters. The number of benzene rings is 1. The molecule has 0 saturated heterocycles. The van der Waals surface area contributed by atoms with E-state index in [4.69, 9.17) is 4.74 Å². The van der Waals surface area contributed by atoms with Crippen LogP contribution in [-0.4, -0.2) is 24.1 Å². The van der Waals surface area contributed by atoms with E-state index in [2.05, 4.69) is 0 Å². The first-order chi connectivity index (χ1) is 8.26. The summed E-state index contributed by atoms with van der Waals surface area (Å²) in [6.07, 6.45) is 2.63. The second-order valence-electron chi connectivity index (χ2n) is 3.79. The summed E-state index contributed by atoms with van der Waals surface area (Å²) in [6, 6.07) is 5.95. The molecule has 1 atom stereocenters. The Hall–Kier alpha value is -1.68. The standard InChI is InChI=1S/C13H14FNO2/c1-2-17-9-12(8-16)15-6-5-10-7-11(14)3-4-13(10)15/h3-8,12H,2,9H2,1H3. The molecule has 0 spiro atoms. The van der Waals surface area contributed by atoms with E-state index in [-0.39, 0.29) is 11.9 Å². The lowest BCUT2D eigenvalue weighted by Crippen LogP contribution is -2.16. The highest BCUT2D eigenvalue weighted by molar-refractivity contribution is 5.81. The Morgan fingerprint density at radius 3 is 3.00 bits per heavy atom. The number of fused-ring (bicyclic) bond motifs is 1. The Kier molecular flexibility index (Phi) is 3.54. The van der Waals surface area contributed by atoms with E-state index >= 15 is 0 Å². The first-order valence-corrected chi connectivity index (χ1v) is 5.55. The molecule has 0 N–H and O–H groups in total. The fraction of sp³-hybridized carbons (Fsp3) is 0.308. The maximum atomic E-state index is 13.0. The number of nitrogens with zero attached hydrogens (tertiary/aromatic N) is 1. The number of hydrogen-bond acceptors (Lipinski definition) is 2. The van der Waals surface area contributed by atoms with E-state index in [9.17, 15) is 9.18 Å². The van der Waals surface area contributed by atoms with Crippen LogP contribution < -0.4 is 0 Å². The summed E-state index contributed by atoms with van der Waals surface area (Å²) in [7, 11) is 0. The van der Waals surface area contributed by atoms with Crippen molar-refractivity contribution in [1.29, 1.82) is 0 Å². The third kappa shape index (κ3) is 2.36. The van der Waals surface area contributed by atoms with Gasteiger partial charge in [-0.05, 0) is 31.2 Å². The second-order valence-corrected chi connectivity index (χ2v) is 3.79. The molecule has 90 valence electrons. The highest BCUT2D eigenvalue weighted by Gasteiger charge is 2.12. The molecule has 0 bridgehead atoms. The molecule has 1 aromatic carbocycles. The summed E-state index contributed by atoms with van der Waals surface area (Å²) in [6.45, 7) is 2.78. The van der Waals surface area contributed by atoms with Gasteiger partial charge >= 0.3 is 0 Å². The summed E-state index contributed by atoms with van der Waals surface area (Å²) in [5.74, 6) is -0.275. The molecule has 0 radical (unpaired) electrons. The number of rotatable bonds is 5. The summed E-state index contributed by atoms with van der Waals surface area (Å²) < 4.78 is 20.1. The molecule has 0 amide bonds. The van der Waals surface area contributed by atoms with Gasteiger partial charge in [0.1, 0.15) is 18.1 Å². The van der Waals surface area contributed by atoms with Crippen LogP contribution in [0, 0.1) is 5.82 Å². The summed E-state index contributed by atoms with van der Waals surface area (Å²) in [4.78, 5) is 11.0. The average Bonchev–Trinajstić information content (AvgIpc) is 2.73. The molecular formula is C13H14FNO2. The van der Waals surface area contributed by atoms with Crippen LogP contribution in [0.5, 0.6) is 0 Å². The van der Waals surface area contributed by atoms with Crippen molar-refractivity contribution in [1.82, 2.24) is 4.57 Å². The number of carbonyl (C=O) groups is 1. The molecule has 3 nitrogen and oxygen atoms in total. The van der Waals surface area contributed by atoms with Crippen molar-refractivity contribution >= 4 is 17.2 Å². The zero-order chi connectivity index (χ0) is 12.3. The van der Waals surface area contributed by atoms with Gasteiger partial charge in [-0.2, -0.15) is 0 Å². The van der Waals surface area contributed by atoms with Crippen LogP contribution in [0.25, 0.3) is 10.9 Å². The first kappa shape index (κ1) is 11.8. The molecule has 0 aliphatic carbocycles.